The largest absolute Gasteiger partial charge is 0.452 e. The third kappa shape index (κ3) is 5.94. The molecule has 2 heterocycles. The number of carbonyl (C=O) groups is 2. The third-order valence-electron chi connectivity index (χ3n) is 6.81. The van der Waals surface area contributed by atoms with Crippen molar-refractivity contribution >= 4 is 29.1 Å². The summed E-state index contributed by atoms with van der Waals surface area (Å²) in [7, 11) is 0. The first-order chi connectivity index (χ1) is 20.0. The number of ether oxygens (including phenoxy) is 1. The highest BCUT2D eigenvalue weighted by Gasteiger charge is 2.26. The lowest BCUT2D eigenvalue weighted by molar-refractivity contribution is -0.384. The molecule has 10 heteroatoms. The van der Waals surface area contributed by atoms with Crippen molar-refractivity contribution in [1.82, 2.24) is 0 Å². The molecule has 3 aromatic carbocycles. The van der Waals surface area contributed by atoms with E-state index in [0.717, 1.165) is 24.8 Å². The molecule has 1 saturated heterocycles. The Hall–Kier alpha value is -5.43. The molecule has 1 aromatic heterocycles. The Balaban J connectivity index is 1.33. The van der Waals surface area contributed by atoms with Gasteiger partial charge in [-0.15, -0.1) is 0 Å². The summed E-state index contributed by atoms with van der Waals surface area (Å²) in [5, 5.41) is 24.2. The van der Waals surface area contributed by atoms with Gasteiger partial charge in [0.05, 0.1) is 10.5 Å². The molecule has 0 atom stereocenters. The molecule has 10 nitrogen and oxygen atoms in total. The average Bonchev–Trinajstić information content (AvgIpc) is 3.38. The molecule has 0 spiro atoms. The summed E-state index contributed by atoms with van der Waals surface area (Å²) in [6.07, 6.45) is 2.96. The molecule has 0 aliphatic carbocycles. The summed E-state index contributed by atoms with van der Waals surface area (Å²) in [5.74, 6) is -1.29. The average molecular weight is 551 g/mol. The summed E-state index contributed by atoms with van der Waals surface area (Å²) < 4.78 is 11.1. The number of nitro groups is 1. The first kappa shape index (κ1) is 27.1. The van der Waals surface area contributed by atoms with Crippen LogP contribution in [0.5, 0.6) is 0 Å². The molecule has 0 radical (unpaired) electrons. The van der Waals surface area contributed by atoms with Gasteiger partial charge in [0.25, 0.3) is 11.6 Å². The van der Waals surface area contributed by atoms with Crippen molar-refractivity contribution in [3.05, 3.63) is 100 Å². The molecule has 1 N–H and O–H groups in total. The molecule has 1 aliphatic heterocycles. The predicted molar refractivity (Wildman–Crippen MR) is 152 cm³/mol. The lowest BCUT2D eigenvalue weighted by Gasteiger charge is -2.28. The number of esters is 1. The Morgan fingerprint density at radius 1 is 0.976 bits per heavy atom. The number of hydrogen-bond donors (Lipinski definition) is 1. The van der Waals surface area contributed by atoms with Crippen LogP contribution in [0.3, 0.4) is 0 Å². The van der Waals surface area contributed by atoms with Crippen molar-refractivity contribution in [2.45, 2.75) is 19.3 Å². The minimum Gasteiger partial charge on any atom is -0.452 e. The zero-order valence-corrected chi connectivity index (χ0v) is 22.0. The fourth-order valence-electron chi connectivity index (χ4n) is 4.87. The first-order valence-electron chi connectivity index (χ1n) is 13.1. The van der Waals surface area contributed by atoms with E-state index in [1.165, 1.54) is 12.1 Å². The quantitative estimate of drug-likeness (QED) is 0.156. The van der Waals surface area contributed by atoms with Gasteiger partial charge in [0.2, 0.25) is 5.88 Å². The Morgan fingerprint density at radius 3 is 2.27 bits per heavy atom. The second kappa shape index (κ2) is 12.2. The highest BCUT2D eigenvalue weighted by molar-refractivity contribution is 5.98. The lowest BCUT2D eigenvalue weighted by Crippen LogP contribution is -2.30. The van der Waals surface area contributed by atoms with E-state index < -0.39 is 23.4 Å². The molecule has 1 aliphatic rings. The maximum Gasteiger partial charge on any atom is 0.338 e. The molecule has 1 fully saturated rings. The number of carbonyl (C=O) groups excluding carboxylic acids is 2. The number of rotatable bonds is 8. The van der Waals surface area contributed by atoms with Crippen LogP contribution in [0.25, 0.3) is 22.5 Å². The monoisotopic (exact) mass is 550 g/mol. The Bertz CT molecular complexity index is 1620. The second-order valence-corrected chi connectivity index (χ2v) is 9.49. The van der Waals surface area contributed by atoms with Gasteiger partial charge < -0.3 is 14.1 Å². The highest BCUT2D eigenvalue weighted by Crippen LogP contribution is 2.41. The number of nitrogens with zero attached hydrogens (tertiary/aromatic N) is 3. The van der Waals surface area contributed by atoms with Crippen LogP contribution in [0, 0.1) is 21.4 Å². The van der Waals surface area contributed by atoms with Gasteiger partial charge in [-0.05, 0) is 37.0 Å². The third-order valence-corrected chi connectivity index (χ3v) is 6.81. The van der Waals surface area contributed by atoms with Gasteiger partial charge in [0.1, 0.15) is 23.1 Å². The first-order valence-corrected chi connectivity index (χ1v) is 13.1. The molecule has 0 unspecified atom stereocenters. The molecule has 41 heavy (non-hydrogen) atoms. The Kier molecular flexibility index (Phi) is 8.06. The van der Waals surface area contributed by atoms with Crippen molar-refractivity contribution in [2.24, 2.45) is 0 Å². The lowest BCUT2D eigenvalue weighted by atomic mass is 9.98. The molecular formula is C31H26N4O6. The molecule has 206 valence electrons. The summed E-state index contributed by atoms with van der Waals surface area (Å²) >= 11 is 0. The molecule has 4 aromatic rings. The fourth-order valence-corrected chi connectivity index (χ4v) is 4.87. The number of benzene rings is 3. The van der Waals surface area contributed by atoms with Gasteiger partial charge >= 0.3 is 5.97 Å². The van der Waals surface area contributed by atoms with Gasteiger partial charge in [-0.3, -0.25) is 20.2 Å². The number of nitriles is 1. The van der Waals surface area contributed by atoms with E-state index in [4.69, 9.17) is 9.15 Å². The van der Waals surface area contributed by atoms with Crippen LogP contribution in [0.4, 0.5) is 17.3 Å². The fraction of sp³-hybridized carbons (Fsp3) is 0.194. The zero-order valence-electron chi connectivity index (χ0n) is 22.0. The Morgan fingerprint density at radius 2 is 1.63 bits per heavy atom. The van der Waals surface area contributed by atoms with E-state index in [9.17, 15) is 25.0 Å². The van der Waals surface area contributed by atoms with Gasteiger partial charge in [0.15, 0.2) is 6.61 Å². The van der Waals surface area contributed by atoms with Crippen LogP contribution in [-0.2, 0) is 9.53 Å². The molecule has 1 amide bonds. The molecular weight excluding hydrogens is 524 g/mol. The van der Waals surface area contributed by atoms with Gasteiger partial charge in [-0.25, -0.2) is 4.79 Å². The maximum atomic E-state index is 12.8. The second-order valence-electron chi connectivity index (χ2n) is 9.49. The smallest absolute Gasteiger partial charge is 0.338 e. The zero-order chi connectivity index (χ0) is 28.8. The Labute approximate surface area is 235 Å². The van der Waals surface area contributed by atoms with Crippen LogP contribution in [0.1, 0.15) is 35.2 Å². The normalized spacial score (nSPS) is 12.8. The van der Waals surface area contributed by atoms with Crippen LogP contribution in [0.15, 0.2) is 83.3 Å². The number of nitrogens with one attached hydrogen (secondary N) is 1. The van der Waals surface area contributed by atoms with Crippen molar-refractivity contribution in [2.75, 3.05) is 29.9 Å². The van der Waals surface area contributed by atoms with Crippen molar-refractivity contribution in [1.29, 1.82) is 5.26 Å². The van der Waals surface area contributed by atoms with E-state index in [-0.39, 0.29) is 22.7 Å². The number of hydrogen-bond acceptors (Lipinski definition) is 8. The molecule has 5 rings (SSSR count). The van der Waals surface area contributed by atoms with E-state index in [0.29, 0.717) is 35.7 Å². The van der Waals surface area contributed by atoms with Crippen molar-refractivity contribution in [3.63, 3.8) is 0 Å². The standard InChI is InChI=1S/C31H26N4O6/c32-19-24-28(21-10-4-1-5-11-21)29(22-12-6-2-7-13-22)41-30(24)33-27(36)20-40-31(37)23-14-15-25(26(18-23)35(38)39)34-16-8-3-9-17-34/h1-2,4-7,10-15,18H,3,8-9,16-17,20H2,(H,33,36). The van der Waals surface area contributed by atoms with Crippen molar-refractivity contribution < 1.29 is 23.7 Å². The minimum absolute atomic E-state index is 0.0429. The summed E-state index contributed by atoms with van der Waals surface area (Å²) in [6.45, 7) is 0.730. The predicted octanol–water partition coefficient (Wildman–Crippen LogP) is 6.18. The van der Waals surface area contributed by atoms with Gasteiger partial charge in [-0.2, -0.15) is 5.26 Å². The molecule has 0 saturated carbocycles. The number of furan rings is 1. The van der Waals surface area contributed by atoms with E-state index in [1.54, 1.807) is 6.07 Å². The maximum absolute atomic E-state index is 12.8. The van der Waals surface area contributed by atoms with Crippen LogP contribution >= 0.6 is 0 Å². The van der Waals surface area contributed by atoms with Crippen LogP contribution in [-0.4, -0.2) is 36.5 Å². The summed E-state index contributed by atoms with van der Waals surface area (Å²) in [5.41, 5.74) is 2.30. The number of nitro benzene ring substituents is 1. The van der Waals surface area contributed by atoms with E-state index >= 15 is 0 Å². The highest BCUT2D eigenvalue weighted by atomic mass is 16.6. The van der Waals surface area contributed by atoms with E-state index in [1.807, 2.05) is 65.6 Å². The van der Waals surface area contributed by atoms with Gasteiger partial charge in [0, 0.05) is 30.3 Å². The summed E-state index contributed by atoms with van der Waals surface area (Å²) in [6, 6.07) is 24.6. The van der Waals surface area contributed by atoms with Crippen LogP contribution in [0.2, 0.25) is 0 Å². The molecule has 0 bridgehead atoms. The minimum atomic E-state index is -0.886. The number of piperidine rings is 1. The SMILES string of the molecule is N#Cc1c(NC(=O)COC(=O)c2ccc(N3CCCCC3)c([N+](=O)[O-])c2)oc(-c2ccccc2)c1-c1ccccc1. The van der Waals surface area contributed by atoms with Crippen LogP contribution < -0.4 is 10.2 Å². The van der Waals surface area contributed by atoms with E-state index in [2.05, 4.69) is 11.4 Å². The topological polar surface area (TPSA) is 139 Å². The number of amides is 1. The number of anilines is 2. The van der Waals surface area contributed by atoms with Gasteiger partial charge in [-0.1, -0.05) is 60.7 Å². The summed E-state index contributed by atoms with van der Waals surface area (Å²) in [4.78, 5) is 38.6. The van der Waals surface area contributed by atoms with Crippen molar-refractivity contribution in [3.8, 4) is 28.5 Å².